The van der Waals surface area contributed by atoms with Crippen LogP contribution in [-0.2, 0) is 4.79 Å². The quantitative estimate of drug-likeness (QED) is 0.880. The molecule has 5 heteroatoms. The highest BCUT2D eigenvalue weighted by Gasteiger charge is 2.31. The Bertz CT molecular complexity index is 886. The van der Waals surface area contributed by atoms with Crippen molar-refractivity contribution in [2.45, 2.75) is 13.1 Å². The molecule has 2 aromatic rings. The van der Waals surface area contributed by atoms with Crippen LogP contribution in [0.3, 0.4) is 0 Å². The van der Waals surface area contributed by atoms with Crippen LogP contribution in [0.5, 0.6) is 5.75 Å². The second kappa shape index (κ2) is 5.05. The van der Waals surface area contributed by atoms with E-state index in [1.54, 1.807) is 18.2 Å². The molecule has 0 aliphatic carbocycles. The van der Waals surface area contributed by atoms with Crippen molar-refractivity contribution in [3.05, 3.63) is 70.5 Å². The number of nitrogens with one attached hydrogen (secondary N) is 1. The van der Waals surface area contributed by atoms with E-state index in [4.69, 9.17) is 4.74 Å². The van der Waals surface area contributed by atoms with Gasteiger partial charge in [-0.05, 0) is 42.8 Å². The Balaban J connectivity index is 1.77. The predicted octanol–water partition coefficient (Wildman–Crippen LogP) is 3.14. The Kier molecular flexibility index (Phi) is 3.01. The van der Waals surface area contributed by atoms with E-state index in [9.17, 15) is 9.18 Å². The third-order valence-electron chi connectivity index (χ3n) is 3.83. The maximum absolute atomic E-state index is 13.4. The summed E-state index contributed by atoms with van der Waals surface area (Å²) < 4.78 is 19.2. The fourth-order valence-electron chi connectivity index (χ4n) is 2.69. The number of carbonyl (C=O) groups is 1. The second-order valence-corrected chi connectivity index (χ2v) is 5.57. The summed E-state index contributed by atoms with van der Waals surface area (Å²) in [6, 6.07) is 11.7. The van der Waals surface area contributed by atoms with Gasteiger partial charge in [0.2, 0.25) is 5.90 Å². The lowest BCUT2D eigenvalue weighted by atomic mass is 10.0. The number of nitrogens with zero attached hydrogens (tertiary/aromatic N) is 1. The molecular weight excluding hydrogens is 295 g/mol. The summed E-state index contributed by atoms with van der Waals surface area (Å²) in [7, 11) is 0. The van der Waals surface area contributed by atoms with Gasteiger partial charge in [-0.1, -0.05) is 23.8 Å². The number of carbonyl (C=O) groups excluding carboxylic acids is 1. The summed E-state index contributed by atoms with van der Waals surface area (Å²) in [6.45, 7) is 1.98. The van der Waals surface area contributed by atoms with Crippen LogP contribution >= 0.6 is 0 Å². The Morgan fingerprint density at radius 1 is 1.22 bits per heavy atom. The fraction of sp³-hybridized carbons (Fsp3) is 0.111. The summed E-state index contributed by atoms with van der Waals surface area (Å²) in [5.41, 5.74) is 2.88. The van der Waals surface area contributed by atoms with Crippen molar-refractivity contribution >= 4 is 17.9 Å². The molecule has 2 heterocycles. The molecule has 2 aliphatic rings. The van der Waals surface area contributed by atoms with Crippen molar-refractivity contribution in [1.29, 1.82) is 0 Å². The average Bonchev–Trinajstić information content (AvgIpc) is 2.53. The van der Waals surface area contributed by atoms with Crippen molar-refractivity contribution in [1.82, 2.24) is 5.32 Å². The Morgan fingerprint density at radius 3 is 2.91 bits per heavy atom. The van der Waals surface area contributed by atoms with E-state index in [-0.39, 0.29) is 17.6 Å². The van der Waals surface area contributed by atoms with E-state index >= 15 is 0 Å². The molecule has 1 amide bonds. The van der Waals surface area contributed by atoms with Crippen LogP contribution in [0.1, 0.15) is 22.9 Å². The molecule has 1 N–H and O–H groups in total. The minimum Gasteiger partial charge on any atom is -0.438 e. The third kappa shape index (κ3) is 2.40. The number of benzene rings is 2. The number of rotatable bonds is 1. The zero-order chi connectivity index (χ0) is 16.0. The molecule has 1 unspecified atom stereocenters. The highest BCUT2D eigenvalue weighted by Crippen LogP contribution is 2.31. The highest BCUT2D eigenvalue weighted by atomic mass is 19.1. The summed E-state index contributed by atoms with van der Waals surface area (Å²) in [6.07, 6.45) is 1.11. The first-order valence-electron chi connectivity index (χ1n) is 7.25. The molecule has 114 valence electrons. The first kappa shape index (κ1) is 13.7. The van der Waals surface area contributed by atoms with Crippen LogP contribution in [0.25, 0.3) is 6.08 Å². The van der Waals surface area contributed by atoms with E-state index in [0.717, 1.165) is 11.1 Å². The van der Waals surface area contributed by atoms with Crippen LogP contribution in [0.2, 0.25) is 0 Å². The van der Waals surface area contributed by atoms with Gasteiger partial charge in [-0.25, -0.2) is 9.38 Å². The largest absolute Gasteiger partial charge is 0.438 e. The van der Waals surface area contributed by atoms with E-state index in [1.807, 2.05) is 25.1 Å². The molecule has 0 radical (unpaired) electrons. The lowest BCUT2D eigenvalue weighted by Crippen LogP contribution is -2.39. The minimum absolute atomic E-state index is 0.263. The summed E-state index contributed by atoms with van der Waals surface area (Å²) >= 11 is 0. The van der Waals surface area contributed by atoms with E-state index in [0.29, 0.717) is 16.9 Å². The number of aliphatic imine (C=N–C) groups is 1. The number of halogens is 1. The first-order valence-corrected chi connectivity index (χ1v) is 7.25. The van der Waals surface area contributed by atoms with Gasteiger partial charge in [-0.15, -0.1) is 0 Å². The van der Waals surface area contributed by atoms with Crippen molar-refractivity contribution in [3.63, 3.8) is 0 Å². The standard InChI is InChI=1S/C18H13FN2O2/c1-10-5-6-15-12(7-10)9-14-17(22)20-16(21-18(14)23-15)11-3-2-4-13(19)8-11/h2-9,16H,1H3,(H,20,22). The molecule has 0 fully saturated rings. The molecule has 0 saturated heterocycles. The summed E-state index contributed by atoms with van der Waals surface area (Å²) in [4.78, 5) is 16.8. The van der Waals surface area contributed by atoms with E-state index in [1.165, 1.54) is 12.1 Å². The minimum atomic E-state index is -0.655. The van der Waals surface area contributed by atoms with Crippen LogP contribution < -0.4 is 10.1 Å². The van der Waals surface area contributed by atoms with Crippen molar-refractivity contribution < 1.29 is 13.9 Å². The lowest BCUT2D eigenvalue weighted by Gasteiger charge is -2.27. The van der Waals surface area contributed by atoms with Crippen molar-refractivity contribution in [3.8, 4) is 5.75 Å². The molecule has 2 aliphatic heterocycles. The van der Waals surface area contributed by atoms with Gasteiger partial charge in [0.25, 0.3) is 5.91 Å². The Labute approximate surface area is 132 Å². The molecule has 4 nitrogen and oxygen atoms in total. The monoisotopic (exact) mass is 308 g/mol. The summed E-state index contributed by atoms with van der Waals surface area (Å²) in [5.74, 6) is 0.269. The zero-order valence-electron chi connectivity index (χ0n) is 12.3. The van der Waals surface area contributed by atoms with Gasteiger partial charge < -0.3 is 10.1 Å². The number of hydrogen-bond acceptors (Lipinski definition) is 3. The number of amides is 1. The van der Waals surface area contributed by atoms with Crippen molar-refractivity contribution in [2.75, 3.05) is 0 Å². The van der Waals surface area contributed by atoms with E-state index < -0.39 is 6.17 Å². The van der Waals surface area contributed by atoms with Gasteiger partial charge in [-0.2, -0.15) is 0 Å². The Hall–Kier alpha value is -2.95. The van der Waals surface area contributed by atoms with Crippen LogP contribution in [0, 0.1) is 12.7 Å². The van der Waals surface area contributed by atoms with Crippen molar-refractivity contribution in [2.24, 2.45) is 4.99 Å². The van der Waals surface area contributed by atoms with Gasteiger partial charge in [-0.3, -0.25) is 4.79 Å². The predicted molar refractivity (Wildman–Crippen MR) is 84.5 cm³/mol. The molecule has 0 aromatic heterocycles. The van der Waals surface area contributed by atoms with Gasteiger partial charge in [0.05, 0.1) is 0 Å². The first-order chi connectivity index (χ1) is 11.1. The normalized spacial score (nSPS) is 18.9. The SMILES string of the molecule is Cc1ccc2c(c1)C=C1C(=O)NC(c3cccc(F)c3)N=C1O2. The second-order valence-electron chi connectivity index (χ2n) is 5.57. The number of fused-ring (bicyclic) bond motifs is 2. The molecular formula is C18H13FN2O2. The molecule has 0 saturated carbocycles. The van der Waals surface area contributed by atoms with Gasteiger partial charge in [0, 0.05) is 5.56 Å². The summed E-state index contributed by atoms with van der Waals surface area (Å²) in [5, 5.41) is 2.76. The highest BCUT2D eigenvalue weighted by molar-refractivity contribution is 6.24. The molecule has 2 aromatic carbocycles. The third-order valence-corrected chi connectivity index (χ3v) is 3.83. The number of aryl methyl sites for hydroxylation is 1. The molecule has 23 heavy (non-hydrogen) atoms. The lowest BCUT2D eigenvalue weighted by molar-refractivity contribution is -0.118. The van der Waals surface area contributed by atoms with E-state index in [2.05, 4.69) is 10.3 Å². The molecule has 0 bridgehead atoms. The average molecular weight is 308 g/mol. The van der Waals surface area contributed by atoms with Gasteiger partial charge in [0.1, 0.15) is 17.1 Å². The zero-order valence-corrected chi connectivity index (χ0v) is 12.3. The fourth-order valence-corrected chi connectivity index (χ4v) is 2.69. The van der Waals surface area contributed by atoms with Gasteiger partial charge >= 0.3 is 0 Å². The van der Waals surface area contributed by atoms with Crippen LogP contribution in [-0.4, -0.2) is 11.8 Å². The van der Waals surface area contributed by atoms with Crippen LogP contribution in [0.15, 0.2) is 53.0 Å². The number of hydrogen-bond donors (Lipinski definition) is 1. The Morgan fingerprint density at radius 2 is 2.09 bits per heavy atom. The topological polar surface area (TPSA) is 50.7 Å². The smallest absolute Gasteiger partial charge is 0.258 e. The number of ether oxygens (including phenoxy) is 1. The van der Waals surface area contributed by atoms with Gasteiger partial charge in [0.15, 0.2) is 6.17 Å². The molecule has 1 atom stereocenters. The van der Waals surface area contributed by atoms with Crippen LogP contribution in [0.4, 0.5) is 4.39 Å². The maximum Gasteiger partial charge on any atom is 0.258 e. The molecule has 4 rings (SSSR count). The molecule has 0 spiro atoms. The maximum atomic E-state index is 13.4.